The third-order valence-corrected chi connectivity index (χ3v) is 10.3. The summed E-state index contributed by atoms with van der Waals surface area (Å²) in [6.45, 7) is 3.13. The second-order valence-electron chi connectivity index (χ2n) is 10.8. The normalized spacial score (nSPS) is 14.6. The van der Waals surface area contributed by atoms with Gasteiger partial charge in [-0.15, -0.1) is 0 Å². The van der Waals surface area contributed by atoms with Crippen LogP contribution in [0.4, 0.5) is 5.69 Å². The average Bonchev–Trinajstić information content (AvgIpc) is 2.98. The molecular weight excluding hydrogens is 629 g/mol. The highest BCUT2D eigenvalue weighted by Crippen LogP contribution is 2.28. The molecule has 0 bridgehead atoms. The Hall–Kier alpha value is -2.78. The minimum Gasteiger partial charge on any atom is -0.352 e. The lowest BCUT2D eigenvalue weighted by molar-refractivity contribution is -0.140. The van der Waals surface area contributed by atoms with Crippen LogP contribution in [0.15, 0.2) is 71.6 Å². The van der Waals surface area contributed by atoms with Gasteiger partial charge in [0.05, 0.1) is 10.6 Å². The van der Waals surface area contributed by atoms with Gasteiger partial charge in [0, 0.05) is 27.7 Å². The molecule has 1 fully saturated rings. The van der Waals surface area contributed by atoms with Gasteiger partial charge in [0.15, 0.2) is 0 Å². The van der Waals surface area contributed by atoms with Crippen LogP contribution in [0, 0.1) is 6.92 Å². The molecule has 1 N–H and O–H groups in total. The molecule has 0 radical (unpaired) electrons. The zero-order valence-electron chi connectivity index (χ0n) is 24.2. The topological polar surface area (TPSA) is 86.8 Å². The van der Waals surface area contributed by atoms with Crippen molar-refractivity contribution in [1.29, 1.82) is 0 Å². The Balaban J connectivity index is 1.72. The maximum atomic E-state index is 14.3. The lowest BCUT2D eigenvalue weighted by atomic mass is 9.95. The highest BCUT2D eigenvalue weighted by molar-refractivity contribution is 7.92. The summed E-state index contributed by atoms with van der Waals surface area (Å²) in [4.78, 5) is 29.4. The van der Waals surface area contributed by atoms with Crippen molar-refractivity contribution in [3.63, 3.8) is 0 Å². The number of anilines is 1. The number of sulfonamides is 1. The summed E-state index contributed by atoms with van der Waals surface area (Å²) in [5, 5.41) is 4.34. The number of carbonyl (C=O) groups excluding carboxylic acids is 2. The molecule has 4 rings (SSSR count). The number of amides is 2. The molecule has 1 atom stereocenters. The molecule has 0 unspecified atom stereocenters. The average molecular weight is 665 g/mol. The molecule has 11 heteroatoms. The predicted molar refractivity (Wildman–Crippen MR) is 173 cm³/mol. The molecule has 43 heavy (non-hydrogen) atoms. The second kappa shape index (κ2) is 14.8. The Morgan fingerprint density at radius 3 is 2.14 bits per heavy atom. The number of aryl methyl sites for hydroxylation is 1. The standard InChI is InChI=1S/C32H36Cl3N3O4S/c1-3-30(32(40)36-26-7-5-4-6-8-26)37(20-23-11-12-25(34)19-29(23)35)31(39)21-38(27-15-13-24(33)14-16-27)43(41,42)28-17-9-22(2)10-18-28/h9-19,26,30H,3-8,20-21H2,1-2H3,(H,36,40)/t30-/m1/s1. The molecule has 7 nitrogen and oxygen atoms in total. The number of hydrogen-bond acceptors (Lipinski definition) is 4. The van der Waals surface area contributed by atoms with E-state index in [2.05, 4.69) is 5.32 Å². The van der Waals surface area contributed by atoms with Gasteiger partial charge in [-0.05, 0) is 80.3 Å². The molecule has 1 aliphatic carbocycles. The van der Waals surface area contributed by atoms with E-state index in [0.29, 0.717) is 27.1 Å². The lowest BCUT2D eigenvalue weighted by Gasteiger charge is -2.34. The van der Waals surface area contributed by atoms with Gasteiger partial charge in [-0.25, -0.2) is 8.42 Å². The van der Waals surface area contributed by atoms with Gasteiger partial charge in [-0.2, -0.15) is 0 Å². The molecule has 0 spiro atoms. The minimum atomic E-state index is -4.18. The first-order valence-electron chi connectivity index (χ1n) is 14.4. The van der Waals surface area contributed by atoms with Crippen molar-refractivity contribution in [1.82, 2.24) is 10.2 Å². The number of benzene rings is 3. The summed E-state index contributed by atoms with van der Waals surface area (Å²) >= 11 is 18.7. The Kier molecular flexibility index (Phi) is 11.4. The SMILES string of the molecule is CC[C@H](C(=O)NC1CCCCC1)N(Cc1ccc(Cl)cc1Cl)C(=O)CN(c1ccc(Cl)cc1)S(=O)(=O)c1ccc(C)cc1. The molecule has 0 aliphatic heterocycles. The van der Waals surface area contributed by atoms with Gasteiger partial charge in [0.1, 0.15) is 12.6 Å². The van der Waals surface area contributed by atoms with E-state index in [1.54, 1.807) is 54.6 Å². The number of nitrogens with zero attached hydrogens (tertiary/aromatic N) is 2. The van der Waals surface area contributed by atoms with E-state index in [4.69, 9.17) is 34.8 Å². The molecule has 3 aromatic rings. The van der Waals surface area contributed by atoms with Gasteiger partial charge in [-0.3, -0.25) is 13.9 Å². The first-order chi connectivity index (χ1) is 20.5. The van der Waals surface area contributed by atoms with Crippen molar-refractivity contribution < 1.29 is 18.0 Å². The fourth-order valence-electron chi connectivity index (χ4n) is 5.27. The zero-order chi connectivity index (χ0) is 31.1. The summed E-state index contributed by atoms with van der Waals surface area (Å²) in [6.07, 6.45) is 5.31. The van der Waals surface area contributed by atoms with Crippen LogP contribution in [0.1, 0.15) is 56.6 Å². The zero-order valence-corrected chi connectivity index (χ0v) is 27.3. The van der Waals surface area contributed by atoms with Crippen LogP contribution in [-0.2, 0) is 26.2 Å². The van der Waals surface area contributed by atoms with Crippen LogP contribution in [0.3, 0.4) is 0 Å². The van der Waals surface area contributed by atoms with Gasteiger partial charge in [-0.1, -0.05) is 84.8 Å². The molecule has 1 aliphatic rings. The highest BCUT2D eigenvalue weighted by atomic mass is 35.5. The number of halogens is 3. The smallest absolute Gasteiger partial charge is 0.264 e. The molecule has 0 aromatic heterocycles. The Bertz CT molecular complexity index is 1530. The van der Waals surface area contributed by atoms with Crippen LogP contribution in [0.2, 0.25) is 15.1 Å². The summed E-state index contributed by atoms with van der Waals surface area (Å²) in [5.41, 5.74) is 1.75. The number of rotatable bonds is 11. The quantitative estimate of drug-likeness (QED) is 0.231. The van der Waals surface area contributed by atoms with Crippen LogP contribution in [0.25, 0.3) is 0 Å². The van der Waals surface area contributed by atoms with Crippen molar-refractivity contribution >= 4 is 62.3 Å². The van der Waals surface area contributed by atoms with E-state index in [0.717, 1.165) is 42.0 Å². The van der Waals surface area contributed by atoms with Crippen LogP contribution in [0.5, 0.6) is 0 Å². The molecular formula is C32H36Cl3N3O4S. The van der Waals surface area contributed by atoms with Crippen molar-refractivity contribution in [3.05, 3.63) is 92.9 Å². The van der Waals surface area contributed by atoms with E-state index >= 15 is 0 Å². The lowest BCUT2D eigenvalue weighted by Crippen LogP contribution is -2.54. The van der Waals surface area contributed by atoms with Crippen LogP contribution in [-0.4, -0.2) is 43.8 Å². The van der Waals surface area contributed by atoms with Gasteiger partial charge < -0.3 is 10.2 Å². The molecule has 2 amide bonds. The molecule has 3 aromatic carbocycles. The first kappa shape index (κ1) is 33.1. The van der Waals surface area contributed by atoms with Crippen LogP contribution < -0.4 is 9.62 Å². The summed E-state index contributed by atoms with van der Waals surface area (Å²) in [7, 11) is -4.18. The summed E-state index contributed by atoms with van der Waals surface area (Å²) in [6, 6.07) is 16.8. The molecule has 0 saturated heterocycles. The first-order valence-corrected chi connectivity index (χ1v) is 17.0. The fourth-order valence-corrected chi connectivity index (χ4v) is 7.28. The molecule has 1 saturated carbocycles. The largest absolute Gasteiger partial charge is 0.352 e. The van der Waals surface area contributed by atoms with Crippen LogP contribution >= 0.6 is 34.8 Å². The van der Waals surface area contributed by atoms with E-state index < -0.39 is 28.5 Å². The molecule has 0 heterocycles. The van der Waals surface area contributed by atoms with Crippen molar-refractivity contribution in [2.45, 2.75) is 75.9 Å². The van der Waals surface area contributed by atoms with Crippen molar-refractivity contribution in [3.8, 4) is 0 Å². The maximum absolute atomic E-state index is 14.3. The third-order valence-electron chi connectivity index (χ3n) is 7.70. The number of nitrogens with one attached hydrogen (secondary N) is 1. The van der Waals surface area contributed by atoms with Gasteiger partial charge in [0.25, 0.3) is 10.0 Å². The maximum Gasteiger partial charge on any atom is 0.264 e. The summed E-state index contributed by atoms with van der Waals surface area (Å²) < 4.78 is 29.0. The summed E-state index contributed by atoms with van der Waals surface area (Å²) in [5.74, 6) is -0.824. The minimum absolute atomic E-state index is 0.00946. The molecule has 230 valence electrons. The monoisotopic (exact) mass is 663 g/mol. The van der Waals surface area contributed by atoms with E-state index in [9.17, 15) is 18.0 Å². The Labute approximate surface area is 269 Å². The third kappa shape index (κ3) is 8.44. The van der Waals surface area contributed by atoms with E-state index in [1.807, 2.05) is 13.8 Å². The Morgan fingerprint density at radius 1 is 0.907 bits per heavy atom. The van der Waals surface area contributed by atoms with Gasteiger partial charge in [0.2, 0.25) is 11.8 Å². The number of hydrogen-bond donors (Lipinski definition) is 1. The van der Waals surface area contributed by atoms with Crippen molar-refractivity contribution in [2.24, 2.45) is 0 Å². The van der Waals surface area contributed by atoms with E-state index in [-0.39, 0.29) is 29.1 Å². The highest BCUT2D eigenvalue weighted by Gasteiger charge is 2.34. The van der Waals surface area contributed by atoms with Gasteiger partial charge >= 0.3 is 0 Å². The predicted octanol–water partition coefficient (Wildman–Crippen LogP) is 7.41. The Morgan fingerprint density at radius 2 is 1.53 bits per heavy atom. The van der Waals surface area contributed by atoms with Crippen molar-refractivity contribution in [2.75, 3.05) is 10.8 Å². The van der Waals surface area contributed by atoms with E-state index in [1.165, 1.54) is 17.0 Å². The number of carbonyl (C=O) groups is 2. The fraction of sp³-hybridized carbons (Fsp3) is 0.375. The second-order valence-corrected chi connectivity index (χ2v) is 14.0.